The first-order valence-electron chi connectivity index (χ1n) is 13.4. The number of likely N-dealkylation sites (tertiary alicyclic amines) is 1. The van der Waals surface area contributed by atoms with Crippen LogP contribution in [-0.4, -0.2) is 72.0 Å². The lowest BCUT2D eigenvalue weighted by atomic mass is 10.0. The summed E-state index contributed by atoms with van der Waals surface area (Å²) < 4.78 is 7.34. The van der Waals surface area contributed by atoms with Gasteiger partial charge in [0.25, 0.3) is 0 Å². The highest BCUT2D eigenvalue weighted by atomic mass is 79.9. The van der Waals surface area contributed by atoms with Gasteiger partial charge in [0.1, 0.15) is 41.1 Å². The standard InChI is InChI=1S/C29H28BrN7O5/c1-14-4-16(18-9-31-24(13-38)32-10-18)5-21-26(15(2)39)35-37(27(14)21)12-25(40)36-11-17-6-20(17)28(36)29(41)34-23-8-19(42-3)7-22(30)33-23/h4-5,7-10,17,20,28,38H,6,11-13H2,1-3H3,(H,33,34,41)/t17-,20-,28+/m1/s1. The van der Waals surface area contributed by atoms with E-state index in [1.807, 2.05) is 19.1 Å². The van der Waals surface area contributed by atoms with Crippen LogP contribution in [0.25, 0.3) is 22.0 Å². The van der Waals surface area contributed by atoms with E-state index in [1.54, 1.807) is 34.1 Å². The van der Waals surface area contributed by atoms with Gasteiger partial charge in [-0.2, -0.15) is 5.10 Å². The molecule has 4 aromatic rings. The van der Waals surface area contributed by atoms with E-state index in [0.29, 0.717) is 39.4 Å². The predicted molar refractivity (Wildman–Crippen MR) is 156 cm³/mol. The van der Waals surface area contributed by atoms with Crippen molar-refractivity contribution >= 4 is 50.2 Å². The number of benzene rings is 1. The molecular formula is C29H28BrN7O5. The molecule has 4 heterocycles. The fraction of sp³-hybridized carbons (Fsp3) is 0.345. The number of anilines is 1. The SMILES string of the molecule is COc1cc(Br)nc(NC(=O)[C@@H]2[C@@H]3C[C@@H]3CN2C(=O)Cn2nc(C(C)=O)c3cc(-c4cnc(CO)nc4)cc(C)c32)c1. The van der Waals surface area contributed by atoms with Gasteiger partial charge in [-0.1, -0.05) is 0 Å². The number of aromatic nitrogens is 5. The monoisotopic (exact) mass is 633 g/mol. The number of nitrogens with zero attached hydrogens (tertiary/aromatic N) is 6. The molecule has 0 spiro atoms. The van der Waals surface area contributed by atoms with Crippen LogP contribution in [0.1, 0.15) is 35.2 Å². The van der Waals surface area contributed by atoms with Crippen LogP contribution in [0.15, 0.2) is 41.3 Å². The average Bonchev–Trinajstić information content (AvgIpc) is 3.46. The molecule has 1 saturated carbocycles. The van der Waals surface area contributed by atoms with E-state index in [1.165, 1.54) is 14.0 Å². The van der Waals surface area contributed by atoms with Crippen molar-refractivity contribution in [2.24, 2.45) is 11.8 Å². The molecule has 1 aliphatic heterocycles. The van der Waals surface area contributed by atoms with Crippen molar-refractivity contribution in [2.45, 2.75) is 39.5 Å². The number of halogens is 1. The van der Waals surface area contributed by atoms with Crippen molar-refractivity contribution in [3.05, 3.63) is 58.3 Å². The van der Waals surface area contributed by atoms with Gasteiger partial charge in [-0.15, -0.1) is 0 Å². The molecule has 1 aliphatic carbocycles. The van der Waals surface area contributed by atoms with E-state index in [0.717, 1.165) is 23.1 Å². The molecule has 1 saturated heterocycles. The van der Waals surface area contributed by atoms with Gasteiger partial charge < -0.3 is 20.1 Å². The lowest BCUT2D eigenvalue weighted by Crippen LogP contribution is -2.47. The van der Waals surface area contributed by atoms with Crippen LogP contribution in [0, 0.1) is 18.8 Å². The molecule has 0 unspecified atom stereocenters. The van der Waals surface area contributed by atoms with Crippen LogP contribution in [0.5, 0.6) is 5.75 Å². The van der Waals surface area contributed by atoms with E-state index >= 15 is 0 Å². The molecule has 2 aliphatic rings. The topological polar surface area (TPSA) is 152 Å². The molecule has 12 nitrogen and oxygen atoms in total. The number of ether oxygens (including phenoxy) is 1. The van der Waals surface area contributed by atoms with Gasteiger partial charge in [0.05, 0.1) is 12.6 Å². The van der Waals surface area contributed by atoms with Gasteiger partial charge in [-0.25, -0.2) is 15.0 Å². The van der Waals surface area contributed by atoms with Crippen molar-refractivity contribution in [2.75, 3.05) is 19.0 Å². The van der Waals surface area contributed by atoms with Crippen LogP contribution in [-0.2, 0) is 22.7 Å². The van der Waals surface area contributed by atoms with Crippen molar-refractivity contribution in [1.82, 2.24) is 29.6 Å². The average molecular weight is 634 g/mol. The van der Waals surface area contributed by atoms with Gasteiger partial charge in [-0.3, -0.25) is 19.1 Å². The minimum atomic E-state index is -0.627. The first-order chi connectivity index (χ1) is 20.2. The Morgan fingerprint density at radius 3 is 2.60 bits per heavy atom. The third kappa shape index (κ3) is 5.13. The normalized spacial score (nSPS) is 19.1. The zero-order chi connectivity index (χ0) is 29.7. The molecule has 2 amide bonds. The Bertz CT molecular complexity index is 1740. The van der Waals surface area contributed by atoms with E-state index in [4.69, 9.17) is 4.74 Å². The summed E-state index contributed by atoms with van der Waals surface area (Å²) in [5, 5.41) is 17.3. The molecule has 13 heteroatoms. The summed E-state index contributed by atoms with van der Waals surface area (Å²) in [6, 6.07) is 6.45. The highest BCUT2D eigenvalue weighted by Gasteiger charge is 2.56. The highest BCUT2D eigenvalue weighted by Crippen LogP contribution is 2.50. The number of methoxy groups -OCH3 is 1. The lowest BCUT2D eigenvalue weighted by Gasteiger charge is -2.27. The van der Waals surface area contributed by atoms with Gasteiger partial charge in [0, 0.05) is 48.9 Å². The molecule has 2 N–H and O–H groups in total. The Kier molecular flexibility index (Phi) is 7.23. The fourth-order valence-corrected chi connectivity index (χ4v) is 6.20. The number of carbonyl (C=O) groups excluding carboxylic acids is 3. The van der Waals surface area contributed by atoms with Crippen molar-refractivity contribution in [3.63, 3.8) is 0 Å². The summed E-state index contributed by atoms with van der Waals surface area (Å²) >= 11 is 3.32. The first-order valence-corrected chi connectivity index (χ1v) is 14.2. The van der Waals surface area contributed by atoms with E-state index in [-0.39, 0.29) is 48.3 Å². The highest BCUT2D eigenvalue weighted by molar-refractivity contribution is 9.10. The van der Waals surface area contributed by atoms with Crippen LogP contribution < -0.4 is 10.1 Å². The molecule has 42 heavy (non-hydrogen) atoms. The number of Topliss-reactive ketones (excluding diaryl/α,β-unsaturated/α-hetero) is 1. The maximum absolute atomic E-state index is 13.7. The number of hydrogen-bond donors (Lipinski definition) is 2. The summed E-state index contributed by atoms with van der Waals surface area (Å²) in [5.41, 5.74) is 3.24. The van der Waals surface area contributed by atoms with Crippen molar-refractivity contribution in [3.8, 4) is 16.9 Å². The number of carbonyl (C=O) groups is 3. The Morgan fingerprint density at radius 2 is 1.90 bits per heavy atom. The number of rotatable bonds is 8. The number of aryl methyl sites for hydroxylation is 1. The number of ketones is 1. The molecule has 0 bridgehead atoms. The van der Waals surface area contributed by atoms with E-state index in [9.17, 15) is 19.5 Å². The van der Waals surface area contributed by atoms with Crippen LogP contribution in [0.4, 0.5) is 5.82 Å². The van der Waals surface area contributed by atoms with Gasteiger partial charge >= 0.3 is 0 Å². The number of amides is 2. The second-order valence-corrected chi connectivity index (χ2v) is 11.5. The van der Waals surface area contributed by atoms with Gasteiger partial charge in [0.2, 0.25) is 11.8 Å². The summed E-state index contributed by atoms with van der Waals surface area (Å²) in [6.07, 6.45) is 4.12. The number of pyridine rings is 1. The third-order valence-corrected chi connectivity index (χ3v) is 8.23. The molecule has 3 aromatic heterocycles. The zero-order valence-corrected chi connectivity index (χ0v) is 24.8. The summed E-state index contributed by atoms with van der Waals surface area (Å²) in [6.45, 7) is 3.44. The Labute approximate surface area is 249 Å². The molecular weight excluding hydrogens is 606 g/mol. The number of piperidine rings is 1. The lowest BCUT2D eigenvalue weighted by molar-refractivity contribution is -0.138. The molecule has 2 fully saturated rings. The predicted octanol–water partition coefficient (Wildman–Crippen LogP) is 3.15. The quantitative estimate of drug-likeness (QED) is 0.220. The Hall–Kier alpha value is -4.23. The van der Waals surface area contributed by atoms with Crippen LogP contribution >= 0.6 is 15.9 Å². The van der Waals surface area contributed by atoms with Crippen molar-refractivity contribution in [1.29, 1.82) is 0 Å². The summed E-state index contributed by atoms with van der Waals surface area (Å²) in [4.78, 5) is 53.9. The van der Waals surface area contributed by atoms with E-state index in [2.05, 4.69) is 41.3 Å². The summed E-state index contributed by atoms with van der Waals surface area (Å²) in [5.74, 6) is 0.766. The molecule has 1 aromatic carbocycles. The molecule has 6 rings (SSSR count). The van der Waals surface area contributed by atoms with E-state index < -0.39 is 6.04 Å². The zero-order valence-electron chi connectivity index (χ0n) is 23.2. The number of aliphatic hydroxyl groups is 1. The second-order valence-electron chi connectivity index (χ2n) is 10.7. The number of hydrogen-bond acceptors (Lipinski definition) is 9. The van der Waals surface area contributed by atoms with Crippen molar-refractivity contribution < 1.29 is 24.2 Å². The molecule has 0 radical (unpaired) electrons. The molecule has 3 atom stereocenters. The van der Waals surface area contributed by atoms with Crippen LogP contribution in [0.2, 0.25) is 0 Å². The second kappa shape index (κ2) is 10.9. The minimum absolute atomic E-state index is 0.0916. The number of aliphatic hydroxyl groups excluding tert-OH is 1. The maximum Gasteiger partial charge on any atom is 0.248 e. The smallest absolute Gasteiger partial charge is 0.248 e. The van der Waals surface area contributed by atoms with Gasteiger partial charge in [0.15, 0.2) is 11.6 Å². The number of fused-ring (bicyclic) bond motifs is 2. The number of nitrogens with one attached hydrogen (secondary N) is 1. The van der Waals surface area contributed by atoms with Crippen LogP contribution in [0.3, 0.4) is 0 Å². The Morgan fingerprint density at radius 1 is 1.14 bits per heavy atom. The fourth-order valence-electron chi connectivity index (χ4n) is 5.79. The largest absolute Gasteiger partial charge is 0.497 e. The Balaban J connectivity index is 1.28. The first kappa shape index (κ1) is 27.9. The third-order valence-electron chi connectivity index (χ3n) is 7.83. The minimum Gasteiger partial charge on any atom is -0.497 e. The maximum atomic E-state index is 13.7. The van der Waals surface area contributed by atoms with Gasteiger partial charge in [-0.05, 0) is 64.4 Å². The summed E-state index contributed by atoms with van der Waals surface area (Å²) in [7, 11) is 1.53. The molecule has 216 valence electrons.